The largest absolute Gasteiger partial charge is 0.447 e. The molecular formula is C7H15NO4. The predicted octanol–water partition coefficient (Wildman–Crippen LogP) is -0.524. The molecule has 1 unspecified atom stereocenters. The third-order valence-electron chi connectivity index (χ3n) is 1.16. The van der Waals surface area contributed by atoms with Gasteiger partial charge in [-0.15, -0.1) is 0 Å². The van der Waals surface area contributed by atoms with E-state index in [4.69, 9.17) is 10.2 Å². The van der Waals surface area contributed by atoms with Crippen molar-refractivity contribution in [3.05, 3.63) is 0 Å². The lowest BCUT2D eigenvalue weighted by atomic mass is 10.3. The zero-order chi connectivity index (χ0) is 9.40. The molecule has 0 aromatic heterocycles. The molecule has 0 bridgehead atoms. The Morgan fingerprint density at radius 3 is 2.83 bits per heavy atom. The van der Waals surface area contributed by atoms with Crippen LogP contribution in [0.2, 0.25) is 0 Å². The van der Waals surface area contributed by atoms with Gasteiger partial charge in [0.2, 0.25) is 0 Å². The van der Waals surface area contributed by atoms with E-state index < -0.39 is 12.2 Å². The van der Waals surface area contributed by atoms with E-state index in [-0.39, 0.29) is 13.2 Å². The van der Waals surface area contributed by atoms with E-state index in [9.17, 15) is 4.79 Å². The molecule has 0 rings (SSSR count). The van der Waals surface area contributed by atoms with Gasteiger partial charge in [-0.25, -0.2) is 4.79 Å². The second-order valence-electron chi connectivity index (χ2n) is 2.42. The van der Waals surface area contributed by atoms with E-state index in [0.29, 0.717) is 13.0 Å². The van der Waals surface area contributed by atoms with Crippen LogP contribution in [0.15, 0.2) is 0 Å². The summed E-state index contributed by atoms with van der Waals surface area (Å²) in [5.74, 6) is 0. The van der Waals surface area contributed by atoms with Crippen LogP contribution in [0, 0.1) is 0 Å². The summed E-state index contributed by atoms with van der Waals surface area (Å²) in [6.07, 6.45) is -0.498. The zero-order valence-electron chi connectivity index (χ0n) is 7.12. The lowest BCUT2D eigenvalue weighted by molar-refractivity contribution is 0.117. The molecule has 0 aliphatic carbocycles. The van der Waals surface area contributed by atoms with Crippen LogP contribution in [-0.2, 0) is 4.74 Å². The molecular weight excluding hydrogens is 162 g/mol. The third-order valence-corrected chi connectivity index (χ3v) is 1.16. The van der Waals surface area contributed by atoms with Gasteiger partial charge in [-0.3, -0.25) is 0 Å². The monoisotopic (exact) mass is 177 g/mol. The van der Waals surface area contributed by atoms with E-state index in [2.05, 4.69) is 10.1 Å². The van der Waals surface area contributed by atoms with E-state index >= 15 is 0 Å². The van der Waals surface area contributed by atoms with Crippen molar-refractivity contribution in [3.63, 3.8) is 0 Å². The summed E-state index contributed by atoms with van der Waals surface area (Å²) in [6.45, 7) is 1.84. The Balaban J connectivity index is 3.20. The molecule has 0 aliphatic rings. The molecule has 0 radical (unpaired) electrons. The van der Waals surface area contributed by atoms with Crippen LogP contribution in [0.25, 0.3) is 0 Å². The molecule has 1 atom stereocenters. The highest BCUT2D eigenvalue weighted by molar-refractivity contribution is 5.66. The molecule has 0 fully saturated rings. The van der Waals surface area contributed by atoms with Crippen molar-refractivity contribution in [2.75, 3.05) is 19.8 Å². The molecule has 0 saturated heterocycles. The number of carbonyl (C=O) groups excluding carboxylic acids is 1. The molecule has 0 saturated carbocycles. The van der Waals surface area contributed by atoms with Crippen LogP contribution in [-0.4, -0.2) is 42.2 Å². The average Bonchev–Trinajstić information content (AvgIpc) is 2.00. The van der Waals surface area contributed by atoms with E-state index in [1.165, 1.54) is 0 Å². The lowest BCUT2D eigenvalue weighted by Gasteiger charge is -2.06. The Labute approximate surface area is 71.3 Å². The van der Waals surface area contributed by atoms with Gasteiger partial charge in [0.25, 0.3) is 0 Å². The number of alkyl carbamates (subject to hydrolysis) is 1. The summed E-state index contributed by atoms with van der Waals surface area (Å²) >= 11 is 0. The van der Waals surface area contributed by atoms with Crippen LogP contribution in [0.4, 0.5) is 4.79 Å². The van der Waals surface area contributed by atoms with E-state index in [1.807, 2.05) is 0 Å². The topological polar surface area (TPSA) is 78.8 Å². The van der Waals surface area contributed by atoms with Crippen LogP contribution in [0.5, 0.6) is 0 Å². The van der Waals surface area contributed by atoms with Crippen LogP contribution in [0.1, 0.15) is 13.3 Å². The molecule has 3 N–H and O–H groups in total. The molecule has 5 nitrogen and oxygen atoms in total. The molecule has 0 aromatic rings. The number of rotatable bonds is 5. The standard InChI is InChI=1S/C7H15NO4/c1-6(10)2-3-8-7(11)12-5-4-9/h6,9-10H,2-5H2,1H3,(H,8,11). The molecule has 72 valence electrons. The Kier molecular flexibility index (Phi) is 6.41. The summed E-state index contributed by atoms with van der Waals surface area (Å²) in [7, 11) is 0. The summed E-state index contributed by atoms with van der Waals surface area (Å²) in [4.78, 5) is 10.7. The van der Waals surface area contributed by atoms with Gasteiger partial charge < -0.3 is 20.3 Å². The maximum atomic E-state index is 10.7. The zero-order valence-corrected chi connectivity index (χ0v) is 7.12. The summed E-state index contributed by atoms with van der Waals surface area (Å²) < 4.78 is 4.49. The average molecular weight is 177 g/mol. The maximum Gasteiger partial charge on any atom is 0.407 e. The molecule has 0 spiro atoms. The quantitative estimate of drug-likeness (QED) is 0.527. The van der Waals surface area contributed by atoms with Crippen molar-refractivity contribution in [2.24, 2.45) is 0 Å². The normalized spacial score (nSPS) is 12.2. The molecule has 1 amide bonds. The fraction of sp³-hybridized carbons (Fsp3) is 0.857. The van der Waals surface area contributed by atoms with Gasteiger partial charge in [0, 0.05) is 6.54 Å². The van der Waals surface area contributed by atoms with Crippen LogP contribution in [0.3, 0.4) is 0 Å². The Hall–Kier alpha value is -0.810. The first-order valence-electron chi connectivity index (χ1n) is 3.86. The molecule has 0 heterocycles. The predicted molar refractivity (Wildman–Crippen MR) is 42.7 cm³/mol. The third kappa shape index (κ3) is 7.30. The SMILES string of the molecule is CC(O)CCNC(=O)OCCO. The summed E-state index contributed by atoms with van der Waals surface area (Å²) in [6, 6.07) is 0. The van der Waals surface area contributed by atoms with Crippen molar-refractivity contribution in [2.45, 2.75) is 19.4 Å². The second kappa shape index (κ2) is 6.87. The van der Waals surface area contributed by atoms with Crippen molar-refractivity contribution >= 4 is 6.09 Å². The number of carbonyl (C=O) groups is 1. The van der Waals surface area contributed by atoms with Crippen molar-refractivity contribution in [1.82, 2.24) is 5.32 Å². The number of aliphatic hydroxyl groups excluding tert-OH is 2. The molecule has 0 aliphatic heterocycles. The lowest BCUT2D eigenvalue weighted by Crippen LogP contribution is -2.27. The Morgan fingerprint density at radius 1 is 1.67 bits per heavy atom. The first-order valence-corrected chi connectivity index (χ1v) is 3.86. The highest BCUT2D eigenvalue weighted by Gasteiger charge is 2.00. The van der Waals surface area contributed by atoms with Gasteiger partial charge >= 0.3 is 6.09 Å². The minimum absolute atomic E-state index is 0.000508. The maximum absolute atomic E-state index is 10.7. The van der Waals surface area contributed by atoms with E-state index in [0.717, 1.165) is 0 Å². The van der Waals surface area contributed by atoms with Gasteiger partial charge in [0.1, 0.15) is 6.61 Å². The molecule has 12 heavy (non-hydrogen) atoms. The Bertz CT molecular complexity index is 127. The van der Waals surface area contributed by atoms with Crippen molar-refractivity contribution < 1.29 is 19.7 Å². The fourth-order valence-corrected chi connectivity index (χ4v) is 0.572. The second-order valence-corrected chi connectivity index (χ2v) is 2.42. The van der Waals surface area contributed by atoms with Gasteiger partial charge in [-0.05, 0) is 13.3 Å². The van der Waals surface area contributed by atoms with Crippen molar-refractivity contribution in [1.29, 1.82) is 0 Å². The number of amides is 1. The number of nitrogens with one attached hydrogen (secondary N) is 1. The summed E-state index contributed by atoms with van der Waals surface area (Å²) in [5.41, 5.74) is 0. The number of ether oxygens (including phenoxy) is 1. The smallest absolute Gasteiger partial charge is 0.407 e. The number of aliphatic hydroxyl groups is 2. The first kappa shape index (κ1) is 11.2. The minimum atomic E-state index is -0.565. The first-order chi connectivity index (χ1) is 5.66. The van der Waals surface area contributed by atoms with Crippen LogP contribution >= 0.6 is 0 Å². The fourth-order valence-electron chi connectivity index (χ4n) is 0.572. The highest BCUT2D eigenvalue weighted by atomic mass is 16.6. The summed E-state index contributed by atoms with van der Waals surface area (Å²) in [5, 5.41) is 19.5. The number of hydrogen-bond donors (Lipinski definition) is 3. The number of hydrogen-bond acceptors (Lipinski definition) is 4. The Morgan fingerprint density at radius 2 is 2.33 bits per heavy atom. The van der Waals surface area contributed by atoms with Gasteiger partial charge in [-0.2, -0.15) is 0 Å². The molecule has 0 aromatic carbocycles. The van der Waals surface area contributed by atoms with Gasteiger partial charge in [0.15, 0.2) is 0 Å². The minimum Gasteiger partial charge on any atom is -0.447 e. The van der Waals surface area contributed by atoms with Crippen molar-refractivity contribution in [3.8, 4) is 0 Å². The highest BCUT2D eigenvalue weighted by Crippen LogP contribution is 1.86. The van der Waals surface area contributed by atoms with Gasteiger partial charge in [0.05, 0.1) is 12.7 Å². The van der Waals surface area contributed by atoms with E-state index in [1.54, 1.807) is 6.92 Å². The molecule has 5 heteroatoms. The van der Waals surface area contributed by atoms with Crippen LogP contribution < -0.4 is 5.32 Å². The van der Waals surface area contributed by atoms with Gasteiger partial charge in [-0.1, -0.05) is 0 Å².